The smallest absolute Gasteiger partial charge is 0.399 e. The Labute approximate surface area is 192 Å². The summed E-state index contributed by atoms with van der Waals surface area (Å²) in [6.45, 7) is 12.3. The van der Waals surface area contributed by atoms with Crippen LogP contribution in [0.15, 0.2) is 48.5 Å². The maximum absolute atomic E-state index is 10.3. The highest BCUT2D eigenvalue weighted by Gasteiger charge is 2.51. The molecule has 3 aliphatic rings. The van der Waals surface area contributed by atoms with Gasteiger partial charge in [0.15, 0.2) is 0 Å². The Bertz CT molecular complexity index is 917. The van der Waals surface area contributed by atoms with Crippen molar-refractivity contribution >= 4 is 24.0 Å². The third kappa shape index (κ3) is 4.16. The normalized spacial score (nSPS) is 23.5. The number of piperazine rings is 1. The minimum Gasteiger partial charge on any atom is -0.399 e. The second-order valence-electron chi connectivity index (χ2n) is 10.5. The zero-order valence-electron chi connectivity index (χ0n) is 19.8. The first-order valence-electron chi connectivity index (χ1n) is 12.0. The molecule has 32 heavy (non-hydrogen) atoms. The van der Waals surface area contributed by atoms with E-state index in [-0.39, 0.29) is 24.4 Å². The molecule has 0 bridgehead atoms. The molecule has 1 atom stereocenters. The standard InChI is InChI=1S/C26H35BN2O3/c1-25(2)26(3,4)32-27(31-25)21-9-13-23(14-10-21)29-17-15-28(16-18-29)22-11-7-20(8-12-22)24(30)19-5-6-19/h7-14,19,24,30H,5-6,15-18H2,1-4H3. The lowest BCUT2D eigenvalue weighted by atomic mass is 9.79. The van der Waals surface area contributed by atoms with E-state index in [0.29, 0.717) is 5.92 Å². The van der Waals surface area contributed by atoms with E-state index in [1.165, 1.54) is 11.4 Å². The van der Waals surface area contributed by atoms with E-state index in [1.54, 1.807) is 0 Å². The molecule has 2 aromatic rings. The number of nitrogens with zero attached hydrogens (tertiary/aromatic N) is 2. The van der Waals surface area contributed by atoms with Gasteiger partial charge in [0, 0.05) is 37.6 Å². The highest BCUT2D eigenvalue weighted by molar-refractivity contribution is 6.62. The van der Waals surface area contributed by atoms with Gasteiger partial charge >= 0.3 is 7.12 Å². The number of anilines is 2. The van der Waals surface area contributed by atoms with Crippen molar-refractivity contribution in [1.29, 1.82) is 0 Å². The highest BCUT2D eigenvalue weighted by atomic mass is 16.7. The van der Waals surface area contributed by atoms with Crippen LogP contribution in [0.1, 0.15) is 52.2 Å². The van der Waals surface area contributed by atoms with Crippen molar-refractivity contribution in [2.24, 2.45) is 5.92 Å². The van der Waals surface area contributed by atoms with E-state index in [0.717, 1.165) is 50.0 Å². The second-order valence-corrected chi connectivity index (χ2v) is 10.5. The number of aliphatic hydroxyl groups is 1. The molecule has 1 aliphatic carbocycles. The van der Waals surface area contributed by atoms with Crippen LogP contribution >= 0.6 is 0 Å². The van der Waals surface area contributed by atoms with Crippen molar-refractivity contribution < 1.29 is 14.4 Å². The van der Waals surface area contributed by atoms with Crippen molar-refractivity contribution in [1.82, 2.24) is 0 Å². The van der Waals surface area contributed by atoms with E-state index in [9.17, 15) is 5.11 Å². The highest BCUT2D eigenvalue weighted by Crippen LogP contribution is 2.41. The average molecular weight is 434 g/mol. The second kappa shape index (κ2) is 8.09. The number of hydrogen-bond donors (Lipinski definition) is 1. The Morgan fingerprint density at radius 2 is 1.22 bits per heavy atom. The Kier molecular flexibility index (Phi) is 5.51. The Morgan fingerprint density at radius 1 is 0.781 bits per heavy atom. The van der Waals surface area contributed by atoms with Gasteiger partial charge in [0.05, 0.1) is 17.3 Å². The molecule has 170 valence electrons. The van der Waals surface area contributed by atoms with Crippen LogP contribution in [0.2, 0.25) is 0 Å². The van der Waals surface area contributed by atoms with Gasteiger partial charge < -0.3 is 24.2 Å². The van der Waals surface area contributed by atoms with Crippen LogP contribution in [-0.4, -0.2) is 49.6 Å². The molecule has 6 heteroatoms. The monoisotopic (exact) mass is 434 g/mol. The number of aliphatic hydroxyl groups excluding tert-OH is 1. The third-order valence-electron chi connectivity index (χ3n) is 7.73. The maximum Gasteiger partial charge on any atom is 0.494 e. The van der Waals surface area contributed by atoms with Crippen LogP contribution in [0.4, 0.5) is 11.4 Å². The van der Waals surface area contributed by atoms with Crippen molar-refractivity contribution in [2.45, 2.75) is 57.8 Å². The van der Waals surface area contributed by atoms with Gasteiger partial charge in [0.2, 0.25) is 0 Å². The van der Waals surface area contributed by atoms with Crippen LogP contribution in [0.3, 0.4) is 0 Å². The summed E-state index contributed by atoms with van der Waals surface area (Å²) in [5, 5.41) is 10.3. The third-order valence-corrected chi connectivity index (χ3v) is 7.73. The molecule has 0 amide bonds. The lowest BCUT2D eigenvalue weighted by Crippen LogP contribution is -2.46. The quantitative estimate of drug-likeness (QED) is 0.727. The number of hydrogen-bond acceptors (Lipinski definition) is 5. The largest absolute Gasteiger partial charge is 0.494 e. The van der Waals surface area contributed by atoms with Gasteiger partial charge in [0.25, 0.3) is 0 Å². The average Bonchev–Trinajstić information content (AvgIpc) is 3.60. The van der Waals surface area contributed by atoms with Gasteiger partial charge in [-0.3, -0.25) is 0 Å². The van der Waals surface area contributed by atoms with Crippen LogP contribution in [0.5, 0.6) is 0 Å². The predicted octanol–water partition coefficient (Wildman–Crippen LogP) is 3.76. The summed E-state index contributed by atoms with van der Waals surface area (Å²) in [6, 6.07) is 17.2. The molecule has 5 nitrogen and oxygen atoms in total. The lowest BCUT2D eigenvalue weighted by molar-refractivity contribution is 0.00578. The summed E-state index contributed by atoms with van der Waals surface area (Å²) in [6.07, 6.45) is 2.02. The fourth-order valence-corrected chi connectivity index (χ4v) is 4.61. The fourth-order valence-electron chi connectivity index (χ4n) is 4.61. The predicted molar refractivity (Wildman–Crippen MR) is 131 cm³/mol. The molecule has 2 aliphatic heterocycles. The van der Waals surface area contributed by atoms with Gasteiger partial charge in [-0.15, -0.1) is 0 Å². The first-order chi connectivity index (χ1) is 15.2. The van der Waals surface area contributed by atoms with Crippen LogP contribution < -0.4 is 15.3 Å². The molecule has 3 fully saturated rings. The van der Waals surface area contributed by atoms with Crippen LogP contribution in [-0.2, 0) is 9.31 Å². The minimum absolute atomic E-state index is 0.291. The van der Waals surface area contributed by atoms with Crippen molar-refractivity contribution in [2.75, 3.05) is 36.0 Å². The van der Waals surface area contributed by atoms with Gasteiger partial charge in [0.1, 0.15) is 0 Å². The fraction of sp³-hybridized carbons (Fsp3) is 0.538. The summed E-state index contributed by atoms with van der Waals surface area (Å²) < 4.78 is 12.4. The van der Waals surface area contributed by atoms with Crippen molar-refractivity contribution in [3.05, 3.63) is 54.1 Å². The molecule has 1 N–H and O–H groups in total. The molecule has 0 spiro atoms. The Morgan fingerprint density at radius 3 is 1.66 bits per heavy atom. The summed E-state index contributed by atoms with van der Waals surface area (Å²) in [5.41, 5.74) is 3.97. The Hall–Kier alpha value is -2.02. The summed E-state index contributed by atoms with van der Waals surface area (Å²) >= 11 is 0. The van der Waals surface area contributed by atoms with E-state index in [4.69, 9.17) is 9.31 Å². The molecular formula is C26H35BN2O3. The Balaban J connectivity index is 1.18. The SMILES string of the molecule is CC1(C)OB(c2ccc(N3CCN(c4ccc(C(O)C5CC5)cc4)CC3)cc2)OC1(C)C. The molecule has 2 aromatic carbocycles. The van der Waals surface area contributed by atoms with Crippen molar-refractivity contribution in [3.63, 3.8) is 0 Å². The zero-order chi connectivity index (χ0) is 22.5. The van der Waals surface area contributed by atoms with Gasteiger partial charge in [-0.05, 0) is 81.7 Å². The number of benzene rings is 2. The summed E-state index contributed by atoms with van der Waals surface area (Å²) in [7, 11) is -0.313. The first kappa shape index (κ1) is 21.8. The summed E-state index contributed by atoms with van der Waals surface area (Å²) in [5.74, 6) is 0.473. The molecule has 1 unspecified atom stereocenters. The summed E-state index contributed by atoms with van der Waals surface area (Å²) in [4.78, 5) is 4.87. The minimum atomic E-state index is -0.319. The molecular weight excluding hydrogens is 399 g/mol. The van der Waals surface area contributed by atoms with Crippen LogP contribution in [0, 0.1) is 5.92 Å². The topological polar surface area (TPSA) is 45.2 Å². The molecule has 2 saturated heterocycles. The van der Waals surface area contributed by atoms with Gasteiger partial charge in [-0.1, -0.05) is 24.3 Å². The van der Waals surface area contributed by atoms with Crippen molar-refractivity contribution in [3.8, 4) is 0 Å². The van der Waals surface area contributed by atoms with E-state index < -0.39 is 0 Å². The molecule has 2 heterocycles. The number of rotatable bonds is 5. The zero-order valence-corrected chi connectivity index (χ0v) is 19.8. The molecule has 1 saturated carbocycles. The van der Waals surface area contributed by atoms with Gasteiger partial charge in [-0.25, -0.2) is 0 Å². The van der Waals surface area contributed by atoms with Crippen LogP contribution in [0.25, 0.3) is 0 Å². The van der Waals surface area contributed by atoms with Gasteiger partial charge in [-0.2, -0.15) is 0 Å². The molecule has 0 radical (unpaired) electrons. The van der Waals surface area contributed by atoms with E-state index in [2.05, 4.69) is 86.0 Å². The van der Waals surface area contributed by atoms with E-state index >= 15 is 0 Å². The lowest BCUT2D eigenvalue weighted by Gasteiger charge is -2.37. The molecule has 5 rings (SSSR count). The maximum atomic E-state index is 10.3. The molecule has 0 aromatic heterocycles. The van der Waals surface area contributed by atoms with E-state index in [1.807, 2.05) is 0 Å². The first-order valence-corrected chi connectivity index (χ1v) is 12.0.